The van der Waals surface area contributed by atoms with Crippen molar-refractivity contribution in [3.05, 3.63) is 65.5 Å². The Morgan fingerprint density at radius 2 is 2.00 bits per heavy atom. The SMILES string of the molecule is CCN(Cc1cccc(F)c1)C(=O)COc1cccc(C(C)O)c1. The maximum absolute atomic E-state index is 13.2. The molecule has 0 heterocycles. The lowest BCUT2D eigenvalue weighted by Crippen LogP contribution is -2.34. The molecule has 1 unspecified atom stereocenters. The number of carbonyl (C=O) groups is 1. The molecule has 0 radical (unpaired) electrons. The third-order valence-corrected chi connectivity index (χ3v) is 3.70. The number of benzene rings is 2. The highest BCUT2D eigenvalue weighted by Crippen LogP contribution is 2.19. The van der Waals surface area contributed by atoms with E-state index in [9.17, 15) is 14.3 Å². The summed E-state index contributed by atoms with van der Waals surface area (Å²) >= 11 is 0. The fourth-order valence-electron chi connectivity index (χ4n) is 2.33. The first kappa shape index (κ1) is 17.9. The van der Waals surface area contributed by atoms with Crippen molar-refractivity contribution in [1.82, 2.24) is 4.90 Å². The zero-order chi connectivity index (χ0) is 17.5. The average molecular weight is 331 g/mol. The van der Waals surface area contributed by atoms with E-state index in [0.29, 0.717) is 18.8 Å². The minimum atomic E-state index is -0.593. The van der Waals surface area contributed by atoms with Crippen LogP contribution in [0, 0.1) is 5.82 Å². The van der Waals surface area contributed by atoms with Gasteiger partial charge in [0.05, 0.1) is 6.10 Å². The lowest BCUT2D eigenvalue weighted by Gasteiger charge is -2.21. The van der Waals surface area contributed by atoms with Crippen LogP contribution in [0.25, 0.3) is 0 Å². The van der Waals surface area contributed by atoms with Gasteiger partial charge in [-0.15, -0.1) is 0 Å². The summed E-state index contributed by atoms with van der Waals surface area (Å²) in [5.74, 6) is 0.0370. The van der Waals surface area contributed by atoms with E-state index in [1.54, 1.807) is 48.2 Å². The van der Waals surface area contributed by atoms with Gasteiger partial charge in [0, 0.05) is 13.1 Å². The van der Waals surface area contributed by atoms with Gasteiger partial charge < -0.3 is 14.7 Å². The Labute approximate surface area is 141 Å². The molecule has 5 heteroatoms. The molecule has 0 saturated carbocycles. The molecule has 0 aliphatic rings. The molecule has 1 amide bonds. The normalized spacial score (nSPS) is 11.8. The van der Waals surface area contributed by atoms with Crippen LogP contribution in [0.2, 0.25) is 0 Å². The highest BCUT2D eigenvalue weighted by molar-refractivity contribution is 5.77. The Morgan fingerprint density at radius 3 is 2.67 bits per heavy atom. The van der Waals surface area contributed by atoms with Crippen LogP contribution >= 0.6 is 0 Å². The van der Waals surface area contributed by atoms with Crippen molar-refractivity contribution >= 4 is 5.91 Å². The maximum Gasteiger partial charge on any atom is 0.260 e. The van der Waals surface area contributed by atoms with E-state index in [1.165, 1.54) is 12.1 Å². The van der Waals surface area contributed by atoms with E-state index >= 15 is 0 Å². The third-order valence-electron chi connectivity index (χ3n) is 3.70. The lowest BCUT2D eigenvalue weighted by atomic mass is 10.1. The molecule has 1 N–H and O–H groups in total. The Hall–Kier alpha value is -2.40. The van der Waals surface area contributed by atoms with Crippen LogP contribution in [0.3, 0.4) is 0 Å². The molecule has 0 aliphatic heterocycles. The van der Waals surface area contributed by atoms with Crippen molar-refractivity contribution in [2.75, 3.05) is 13.2 Å². The van der Waals surface area contributed by atoms with Gasteiger partial charge in [0.1, 0.15) is 11.6 Å². The summed E-state index contributed by atoms with van der Waals surface area (Å²) in [6.07, 6.45) is -0.593. The zero-order valence-corrected chi connectivity index (χ0v) is 13.9. The Morgan fingerprint density at radius 1 is 1.25 bits per heavy atom. The van der Waals surface area contributed by atoms with Gasteiger partial charge in [0.2, 0.25) is 0 Å². The smallest absolute Gasteiger partial charge is 0.260 e. The predicted octanol–water partition coefficient (Wildman–Crippen LogP) is 3.31. The van der Waals surface area contributed by atoms with E-state index in [4.69, 9.17) is 4.74 Å². The van der Waals surface area contributed by atoms with E-state index in [0.717, 1.165) is 11.1 Å². The van der Waals surface area contributed by atoms with Crippen molar-refractivity contribution in [3.63, 3.8) is 0 Å². The van der Waals surface area contributed by atoms with Crippen LogP contribution in [-0.2, 0) is 11.3 Å². The number of nitrogens with zero attached hydrogens (tertiary/aromatic N) is 1. The number of hydrogen-bond acceptors (Lipinski definition) is 3. The Balaban J connectivity index is 1.95. The van der Waals surface area contributed by atoms with Crippen LogP contribution in [-0.4, -0.2) is 29.1 Å². The molecule has 0 aliphatic carbocycles. The van der Waals surface area contributed by atoms with Crippen LogP contribution < -0.4 is 4.74 Å². The molecule has 2 rings (SSSR count). The summed E-state index contributed by atoms with van der Waals surface area (Å²) in [5, 5.41) is 9.58. The lowest BCUT2D eigenvalue weighted by molar-refractivity contribution is -0.133. The van der Waals surface area contributed by atoms with Gasteiger partial charge in [-0.25, -0.2) is 4.39 Å². The summed E-state index contributed by atoms with van der Waals surface area (Å²) in [4.78, 5) is 13.9. The average Bonchev–Trinajstić information content (AvgIpc) is 2.58. The van der Waals surface area contributed by atoms with Crippen LogP contribution in [0.15, 0.2) is 48.5 Å². The van der Waals surface area contributed by atoms with Crippen molar-refractivity contribution < 1.29 is 19.0 Å². The molecule has 2 aromatic carbocycles. The van der Waals surface area contributed by atoms with E-state index in [-0.39, 0.29) is 18.3 Å². The summed E-state index contributed by atoms with van der Waals surface area (Å²) in [7, 11) is 0. The van der Waals surface area contributed by atoms with E-state index in [1.807, 2.05) is 6.92 Å². The number of halogens is 1. The number of likely N-dealkylation sites (N-methyl/N-ethyl adjacent to an activating group) is 1. The molecule has 24 heavy (non-hydrogen) atoms. The fourth-order valence-corrected chi connectivity index (χ4v) is 2.33. The number of ether oxygens (including phenoxy) is 1. The van der Waals surface area contributed by atoms with Gasteiger partial charge in [-0.05, 0) is 49.2 Å². The molecular weight excluding hydrogens is 309 g/mol. The second kappa shape index (κ2) is 8.45. The summed E-state index contributed by atoms with van der Waals surface area (Å²) in [6, 6.07) is 13.2. The number of rotatable bonds is 7. The van der Waals surface area contributed by atoms with Crippen LogP contribution in [0.4, 0.5) is 4.39 Å². The summed E-state index contributed by atoms with van der Waals surface area (Å²) < 4.78 is 18.8. The maximum atomic E-state index is 13.2. The van der Waals surface area contributed by atoms with Crippen molar-refractivity contribution in [1.29, 1.82) is 0 Å². The predicted molar refractivity (Wildman–Crippen MR) is 90.1 cm³/mol. The first-order valence-electron chi connectivity index (χ1n) is 7.92. The van der Waals surface area contributed by atoms with Crippen LogP contribution in [0.5, 0.6) is 5.75 Å². The molecule has 1 atom stereocenters. The Kier molecular flexibility index (Phi) is 6.32. The zero-order valence-electron chi connectivity index (χ0n) is 13.9. The molecular formula is C19H22FNO3. The van der Waals surface area contributed by atoms with Gasteiger partial charge >= 0.3 is 0 Å². The highest BCUT2D eigenvalue weighted by atomic mass is 19.1. The molecule has 128 valence electrons. The highest BCUT2D eigenvalue weighted by Gasteiger charge is 2.13. The number of aliphatic hydroxyl groups excluding tert-OH is 1. The number of hydrogen-bond donors (Lipinski definition) is 1. The standard InChI is InChI=1S/C19H22FNO3/c1-3-21(12-15-6-4-8-17(20)10-15)19(23)13-24-18-9-5-7-16(11-18)14(2)22/h4-11,14,22H,3,12-13H2,1-2H3. The molecule has 2 aromatic rings. The molecule has 0 saturated heterocycles. The van der Waals surface area contributed by atoms with E-state index in [2.05, 4.69) is 0 Å². The van der Waals surface area contributed by atoms with Gasteiger partial charge in [0.25, 0.3) is 5.91 Å². The topological polar surface area (TPSA) is 49.8 Å². The molecule has 4 nitrogen and oxygen atoms in total. The summed E-state index contributed by atoms with van der Waals surface area (Å²) in [6.45, 7) is 4.27. The van der Waals surface area contributed by atoms with Gasteiger partial charge in [0.15, 0.2) is 6.61 Å². The first-order chi connectivity index (χ1) is 11.5. The minimum Gasteiger partial charge on any atom is -0.484 e. The van der Waals surface area contributed by atoms with Crippen molar-refractivity contribution in [2.45, 2.75) is 26.5 Å². The monoisotopic (exact) mass is 331 g/mol. The van der Waals surface area contributed by atoms with Gasteiger partial charge in [-0.2, -0.15) is 0 Å². The van der Waals surface area contributed by atoms with Crippen molar-refractivity contribution in [3.8, 4) is 5.75 Å². The second-order valence-electron chi connectivity index (χ2n) is 5.57. The minimum absolute atomic E-state index is 0.105. The summed E-state index contributed by atoms with van der Waals surface area (Å²) in [5.41, 5.74) is 1.47. The molecule has 0 bridgehead atoms. The number of aliphatic hydroxyl groups is 1. The quantitative estimate of drug-likeness (QED) is 0.847. The Bertz CT molecular complexity index is 688. The molecule has 0 fully saturated rings. The number of carbonyl (C=O) groups excluding carboxylic acids is 1. The fraction of sp³-hybridized carbons (Fsp3) is 0.316. The second-order valence-corrected chi connectivity index (χ2v) is 5.57. The third kappa shape index (κ3) is 5.06. The van der Waals surface area contributed by atoms with E-state index < -0.39 is 6.10 Å². The molecule has 0 aromatic heterocycles. The van der Waals surface area contributed by atoms with Crippen LogP contribution in [0.1, 0.15) is 31.1 Å². The number of amides is 1. The van der Waals surface area contributed by atoms with Gasteiger partial charge in [-0.3, -0.25) is 4.79 Å². The van der Waals surface area contributed by atoms with Crippen molar-refractivity contribution in [2.24, 2.45) is 0 Å². The largest absolute Gasteiger partial charge is 0.484 e. The molecule has 0 spiro atoms. The first-order valence-corrected chi connectivity index (χ1v) is 7.92. The van der Waals surface area contributed by atoms with Gasteiger partial charge in [-0.1, -0.05) is 24.3 Å².